The smallest absolute Gasteiger partial charge is 0.00201 e. The van der Waals surface area contributed by atoms with E-state index in [1.54, 1.807) is 0 Å². The van der Waals surface area contributed by atoms with Gasteiger partial charge in [0.15, 0.2) is 0 Å². The van der Waals surface area contributed by atoms with E-state index in [-0.39, 0.29) is 0 Å². The minimum absolute atomic E-state index is 1.23. The van der Waals surface area contributed by atoms with Gasteiger partial charge in [-0.15, -0.1) is 0 Å². The van der Waals surface area contributed by atoms with Crippen LogP contribution < -0.4 is 0 Å². The summed E-state index contributed by atoms with van der Waals surface area (Å²) in [6.07, 6.45) is 0. The Morgan fingerprint density at radius 1 is 0.172 bits per heavy atom. The van der Waals surface area contributed by atoms with Gasteiger partial charge in [-0.05, 0) is 149 Å². The van der Waals surface area contributed by atoms with Crippen molar-refractivity contribution in [3.05, 3.63) is 206 Å². The van der Waals surface area contributed by atoms with Gasteiger partial charge in [-0.2, -0.15) is 0 Å². The van der Waals surface area contributed by atoms with Crippen molar-refractivity contribution in [2.24, 2.45) is 0 Å². The summed E-state index contributed by atoms with van der Waals surface area (Å²) in [5, 5.41) is 20.8. The third kappa shape index (κ3) is 4.58. The van der Waals surface area contributed by atoms with Crippen LogP contribution in [-0.2, 0) is 0 Å². The van der Waals surface area contributed by atoms with E-state index in [4.69, 9.17) is 0 Å². The largest absolute Gasteiger partial charge is 0.0616 e. The molecule has 0 aliphatic carbocycles. The number of hydrogen-bond acceptors (Lipinski definition) is 0. The Kier molecular flexibility index (Phi) is 6.54. The van der Waals surface area contributed by atoms with Gasteiger partial charge >= 0.3 is 0 Å². The van der Waals surface area contributed by atoms with Gasteiger partial charge in [0, 0.05) is 0 Å². The molecular formula is C58H34. The van der Waals surface area contributed by atoms with Crippen LogP contribution in [0.25, 0.3) is 131 Å². The molecule has 0 aliphatic rings. The Bertz CT molecular complexity index is 3770. The van der Waals surface area contributed by atoms with Crippen molar-refractivity contribution in [3.8, 4) is 44.5 Å². The fraction of sp³-hybridized carbons (Fsp3) is 0. The molecule has 13 aromatic carbocycles. The van der Waals surface area contributed by atoms with Gasteiger partial charge in [-0.25, -0.2) is 0 Å². The lowest BCUT2D eigenvalue weighted by Gasteiger charge is -2.18. The molecule has 13 aromatic rings. The van der Waals surface area contributed by atoms with E-state index in [1.165, 1.54) is 131 Å². The van der Waals surface area contributed by atoms with Gasteiger partial charge < -0.3 is 0 Å². The van der Waals surface area contributed by atoms with Crippen LogP contribution in [-0.4, -0.2) is 0 Å². The monoisotopic (exact) mass is 730 g/mol. The lowest BCUT2D eigenvalue weighted by molar-refractivity contribution is 1.64. The number of fused-ring (bicyclic) bond motifs is 2. The second-order valence-corrected chi connectivity index (χ2v) is 16.0. The molecule has 0 saturated carbocycles. The van der Waals surface area contributed by atoms with E-state index in [9.17, 15) is 0 Å². The Morgan fingerprint density at radius 2 is 0.517 bits per heavy atom. The third-order valence-electron chi connectivity index (χ3n) is 12.9. The average molecular weight is 731 g/mol. The minimum Gasteiger partial charge on any atom is -0.0616 e. The first-order valence-electron chi connectivity index (χ1n) is 20.2. The predicted octanol–water partition coefficient (Wildman–Crippen LogP) is 16.5. The molecule has 0 radical (unpaired) electrons. The zero-order valence-electron chi connectivity index (χ0n) is 31.6. The van der Waals surface area contributed by atoms with Crippen molar-refractivity contribution < 1.29 is 0 Å². The Balaban J connectivity index is 0.937. The fourth-order valence-corrected chi connectivity index (χ4v) is 10.2. The van der Waals surface area contributed by atoms with E-state index in [1.807, 2.05) is 0 Å². The zero-order valence-corrected chi connectivity index (χ0v) is 31.6. The first-order valence-corrected chi connectivity index (χ1v) is 20.2. The van der Waals surface area contributed by atoms with E-state index in [0.29, 0.717) is 0 Å². The highest BCUT2D eigenvalue weighted by Gasteiger charge is 2.18. The van der Waals surface area contributed by atoms with E-state index < -0.39 is 0 Å². The molecular weight excluding hydrogens is 697 g/mol. The summed E-state index contributed by atoms with van der Waals surface area (Å²) >= 11 is 0. The van der Waals surface area contributed by atoms with Crippen LogP contribution in [0.3, 0.4) is 0 Å². The molecule has 13 rings (SSSR count). The fourth-order valence-electron chi connectivity index (χ4n) is 10.2. The summed E-state index contributed by atoms with van der Waals surface area (Å²) in [4.78, 5) is 0. The Morgan fingerprint density at radius 3 is 1.05 bits per heavy atom. The normalized spacial score (nSPS) is 12.1. The van der Waals surface area contributed by atoms with Crippen LogP contribution in [0.1, 0.15) is 0 Å². The maximum Gasteiger partial charge on any atom is -0.00201 e. The van der Waals surface area contributed by atoms with Crippen LogP contribution in [0.4, 0.5) is 0 Å². The lowest BCUT2D eigenvalue weighted by Crippen LogP contribution is -1.91. The predicted molar refractivity (Wildman–Crippen MR) is 251 cm³/mol. The minimum atomic E-state index is 1.23. The summed E-state index contributed by atoms with van der Waals surface area (Å²) in [7, 11) is 0. The highest BCUT2D eigenvalue weighted by Crippen LogP contribution is 2.46. The van der Waals surface area contributed by atoms with Crippen molar-refractivity contribution in [1.29, 1.82) is 0 Å². The average Bonchev–Trinajstić information content (AvgIpc) is 3.29. The van der Waals surface area contributed by atoms with Crippen LogP contribution in [0, 0.1) is 0 Å². The summed E-state index contributed by atoms with van der Waals surface area (Å²) in [5.74, 6) is 0. The number of benzene rings is 13. The second kappa shape index (κ2) is 12.0. The molecule has 58 heavy (non-hydrogen) atoms. The van der Waals surface area contributed by atoms with Gasteiger partial charge in [-0.3, -0.25) is 0 Å². The highest BCUT2D eigenvalue weighted by atomic mass is 14.2. The molecule has 0 atom stereocenters. The van der Waals surface area contributed by atoms with Gasteiger partial charge in [-0.1, -0.05) is 188 Å². The Labute approximate surface area is 335 Å². The molecule has 0 aliphatic heterocycles. The molecule has 0 fully saturated rings. The van der Waals surface area contributed by atoms with Gasteiger partial charge in [0.25, 0.3) is 0 Å². The van der Waals surface area contributed by atoms with Crippen LogP contribution in [0.5, 0.6) is 0 Å². The standard InChI is InChI=1S/C58H34/c1-3-8-42-32-44(18-12-35(42)6-1)48-27-21-41-23-30-51-47(26-20-40-24-31-52(48)57(41)56(40)51)37-14-16-38(17-15-37)54-34-46-25-28-49(45-19-13-36-7-2-4-9-43(36)33-45)53-29-22-39-10-5-11-50(54)55(39)58(46)53/h1-34H. The molecule has 0 nitrogen and oxygen atoms in total. The molecule has 0 N–H and O–H groups in total. The quantitative estimate of drug-likeness (QED) is 0.158. The molecule has 0 bridgehead atoms. The Hall–Kier alpha value is -7.54. The van der Waals surface area contributed by atoms with Gasteiger partial charge in [0.2, 0.25) is 0 Å². The van der Waals surface area contributed by atoms with Crippen LogP contribution in [0.2, 0.25) is 0 Å². The summed E-state index contributed by atoms with van der Waals surface area (Å²) in [5.41, 5.74) is 10.1. The van der Waals surface area contributed by atoms with Crippen molar-refractivity contribution in [2.45, 2.75) is 0 Å². The molecule has 0 unspecified atom stereocenters. The third-order valence-corrected chi connectivity index (χ3v) is 12.9. The van der Waals surface area contributed by atoms with E-state index >= 15 is 0 Å². The molecule has 0 aromatic heterocycles. The van der Waals surface area contributed by atoms with Gasteiger partial charge in [0.05, 0.1) is 0 Å². The van der Waals surface area contributed by atoms with Crippen LogP contribution >= 0.6 is 0 Å². The zero-order chi connectivity index (χ0) is 37.9. The molecule has 0 saturated heterocycles. The van der Waals surface area contributed by atoms with Crippen molar-refractivity contribution in [2.75, 3.05) is 0 Å². The maximum absolute atomic E-state index is 2.41. The summed E-state index contributed by atoms with van der Waals surface area (Å²) in [6, 6.07) is 77.2. The summed E-state index contributed by atoms with van der Waals surface area (Å²) < 4.78 is 0. The van der Waals surface area contributed by atoms with Crippen molar-refractivity contribution >= 4 is 86.2 Å². The van der Waals surface area contributed by atoms with E-state index in [0.717, 1.165) is 0 Å². The van der Waals surface area contributed by atoms with Crippen molar-refractivity contribution in [1.82, 2.24) is 0 Å². The maximum atomic E-state index is 2.41. The lowest BCUT2D eigenvalue weighted by atomic mass is 9.85. The number of hydrogen-bond donors (Lipinski definition) is 0. The van der Waals surface area contributed by atoms with Crippen LogP contribution in [0.15, 0.2) is 206 Å². The molecule has 0 heterocycles. The molecule has 0 amide bonds. The number of rotatable bonds is 4. The first-order chi connectivity index (χ1) is 28.7. The topological polar surface area (TPSA) is 0 Å². The SMILES string of the molecule is c1ccc2cc(-c3ccc4ccc5c(-c6ccc(-c7cc8ccc(-c9ccc%10ccccc%10c9)c9ccc%10cccc7c%10c89)cc6)ccc6ccc3c4c65)ccc2c1. The molecule has 0 heteroatoms. The van der Waals surface area contributed by atoms with Crippen molar-refractivity contribution in [3.63, 3.8) is 0 Å². The molecule has 266 valence electrons. The molecule has 0 spiro atoms. The first kappa shape index (κ1) is 31.6. The van der Waals surface area contributed by atoms with E-state index in [2.05, 4.69) is 206 Å². The highest BCUT2D eigenvalue weighted by molar-refractivity contribution is 6.29. The second-order valence-electron chi connectivity index (χ2n) is 16.0. The van der Waals surface area contributed by atoms with Gasteiger partial charge in [0.1, 0.15) is 0 Å². The summed E-state index contributed by atoms with van der Waals surface area (Å²) in [6.45, 7) is 0.